The number of rotatable bonds is 6. The van der Waals surface area contributed by atoms with E-state index in [1.54, 1.807) is 30.1 Å². The standard InChI is InChI=1S/C33H30ClN5O2S2/c1-20-19-33(2,3)37(4)29-18-27(34)26(17-25(20)29)31-30(28-7-5-6-16-35-28)36-32(42)38(31)21-8-12-23(13-9-21)43-24-14-10-22(11-15-24)39(40)41/h5-19,30-31H,1-4H3,(H,36,42)/t30-,31+/m1/s1. The lowest BCUT2D eigenvalue weighted by molar-refractivity contribution is -0.384. The first kappa shape index (κ1) is 29.2. The van der Waals surface area contributed by atoms with Gasteiger partial charge in [0.15, 0.2) is 5.11 Å². The Bertz CT molecular complexity index is 1740. The minimum Gasteiger partial charge on any atom is -0.365 e. The summed E-state index contributed by atoms with van der Waals surface area (Å²) in [6.07, 6.45) is 4.09. The van der Waals surface area contributed by atoms with Crippen molar-refractivity contribution >= 4 is 63.3 Å². The molecule has 10 heteroatoms. The van der Waals surface area contributed by atoms with Crippen molar-refractivity contribution in [3.8, 4) is 0 Å². The Morgan fingerprint density at radius 2 is 1.72 bits per heavy atom. The van der Waals surface area contributed by atoms with E-state index < -0.39 is 4.92 Å². The molecule has 6 rings (SSSR count). The number of nitro benzene ring substituents is 1. The molecule has 0 spiro atoms. The van der Waals surface area contributed by atoms with Crippen molar-refractivity contribution in [2.75, 3.05) is 16.8 Å². The summed E-state index contributed by atoms with van der Waals surface area (Å²) < 4.78 is 0. The van der Waals surface area contributed by atoms with Gasteiger partial charge in [-0.2, -0.15) is 0 Å². The van der Waals surface area contributed by atoms with E-state index in [4.69, 9.17) is 23.8 Å². The van der Waals surface area contributed by atoms with Crippen molar-refractivity contribution in [3.63, 3.8) is 0 Å². The number of allylic oxidation sites excluding steroid dienone is 1. The second-order valence-electron chi connectivity index (χ2n) is 11.3. The molecule has 7 nitrogen and oxygen atoms in total. The lowest BCUT2D eigenvalue weighted by atomic mass is 9.86. The van der Waals surface area contributed by atoms with Crippen LogP contribution in [0.3, 0.4) is 0 Å². The number of nitrogens with zero attached hydrogens (tertiary/aromatic N) is 4. The smallest absolute Gasteiger partial charge is 0.269 e. The van der Waals surface area contributed by atoms with E-state index in [9.17, 15) is 10.1 Å². The van der Waals surface area contributed by atoms with Crippen molar-refractivity contribution in [3.05, 3.63) is 123 Å². The number of benzene rings is 3. The zero-order valence-electron chi connectivity index (χ0n) is 24.1. The maximum atomic E-state index is 11.0. The Kier molecular flexibility index (Phi) is 7.66. The summed E-state index contributed by atoms with van der Waals surface area (Å²) in [7, 11) is 2.10. The number of aromatic nitrogens is 1. The number of thiocarbonyl (C=S) groups is 1. The predicted octanol–water partition coefficient (Wildman–Crippen LogP) is 8.60. The van der Waals surface area contributed by atoms with Crippen molar-refractivity contribution in [1.82, 2.24) is 10.3 Å². The summed E-state index contributed by atoms with van der Waals surface area (Å²) in [5, 5.41) is 15.8. The van der Waals surface area contributed by atoms with Gasteiger partial charge in [0.05, 0.1) is 28.2 Å². The van der Waals surface area contributed by atoms with Gasteiger partial charge < -0.3 is 15.1 Å². The van der Waals surface area contributed by atoms with Gasteiger partial charge in [-0.1, -0.05) is 35.5 Å². The fourth-order valence-corrected chi connectivity index (χ4v) is 7.24. The second-order valence-corrected chi connectivity index (χ2v) is 13.2. The third-order valence-corrected chi connectivity index (χ3v) is 9.81. The molecule has 3 heterocycles. The van der Waals surface area contributed by atoms with Crippen LogP contribution in [-0.4, -0.2) is 27.6 Å². The highest BCUT2D eigenvalue weighted by Gasteiger charge is 2.42. The molecule has 1 fully saturated rings. The number of non-ortho nitro benzene ring substituents is 1. The fraction of sp³-hybridized carbons (Fsp3) is 0.212. The topological polar surface area (TPSA) is 74.5 Å². The monoisotopic (exact) mass is 627 g/mol. The molecule has 0 amide bonds. The number of nitro groups is 1. The molecule has 4 aromatic rings. The first-order valence-corrected chi connectivity index (χ1v) is 15.4. The normalized spacial score (nSPS) is 19.1. The maximum Gasteiger partial charge on any atom is 0.269 e. The molecule has 218 valence electrons. The van der Waals surface area contributed by atoms with Crippen molar-refractivity contribution in [1.29, 1.82) is 0 Å². The Morgan fingerprint density at radius 1 is 1.05 bits per heavy atom. The molecule has 0 unspecified atom stereocenters. The van der Waals surface area contributed by atoms with Crippen LogP contribution < -0.4 is 15.1 Å². The Morgan fingerprint density at radius 3 is 2.35 bits per heavy atom. The van der Waals surface area contributed by atoms with Crippen LogP contribution in [0.4, 0.5) is 17.1 Å². The minimum atomic E-state index is -0.393. The lowest BCUT2D eigenvalue weighted by Crippen LogP contribution is -2.42. The number of hydrogen-bond donors (Lipinski definition) is 1. The highest BCUT2D eigenvalue weighted by atomic mass is 35.5. The van der Waals surface area contributed by atoms with Gasteiger partial charge in [-0.25, -0.2) is 0 Å². The van der Waals surface area contributed by atoms with Crippen LogP contribution >= 0.6 is 35.6 Å². The summed E-state index contributed by atoms with van der Waals surface area (Å²) in [5.41, 5.74) is 6.16. The average Bonchev–Trinajstić information content (AvgIpc) is 3.33. The van der Waals surface area contributed by atoms with Gasteiger partial charge in [0, 0.05) is 57.1 Å². The Labute approximate surface area is 265 Å². The van der Waals surface area contributed by atoms with Crippen LogP contribution in [-0.2, 0) is 0 Å². The van der Waals surface area contributed by atoms with Gasteiger partial charge in [-0.3, -0.25) is 15.1 Å². The molecule has 1 saturated heterocycles. The third-order valence-electron chi connectivity index (χ3n) is 8.15. The van der Waals surface area contributed by atoms with E-state index in [0.717, 1.165) is 38.0 Å². The van der Waals surface area contributed by atoms with Gasteiger partial charge in [-0.05, 0) is 105 Å². The number of nitrogens with one attached hydrogen (secondary N) is 1. The van der Waals surface area contributed by atoms with E-state index in [1.807, 2.05) is 42.5 Å². The number of pyridine rings is 1. The molecule has 0 saturated carbocycles. The highest BCUT2D eigenvalue weighted by molar-refractivity contribution is 7.99. The number of likely N-dealkylation sites (N-methyl/N-ethyl adjacent to an activating group) is 1. The summed E-state index contributed by atoms with van der Waals surface area (Å²) in [6.45, 7) is 6.55. The molecule has 3 aromatic carbocycles. The van der Waals surface area contributed by atoms with Gasteiger partial charge >= 0.3 is 0 Å². The molecule has 2 atom stereocenters. The molecule has 1 N–H and O–H groups in total. The summed E-state index contributed by atoms with van der Waals surface area (Å²) in [5.74, 6) is 0. The molecule has 2 aliphatic heterocycles. The van der Waals surface area contributed by atoms with Crippen LogP contribution in [0.1, 0.15) is 49.7 Å². The molecule has 0 radical (unpaired) electrons. The Balaban J connectivity index is 1.39. The number of hydrogen-bond acceptors (Lipinski definition) is 6. The molecule has 2 aliphatic rings. The molecule has 0 bridgehead atoms. The van der Waals surface area contributed by atoms with Gasteiger partial charge in [0.2, 0.25) is 0 Å². The van der Waals surface area contributed by atoms with E-state index >= 15 is 0 Å². The van der Waals surface area contributed by atoms with Crippen LogP contribution in [0.2, 0.25) is 5.02 Å². The van der Waals surface area contributed by atoms with E-state index in [1.165, 1.54) is 17.7 Å². The zero-order valence-corrected chi connectivity index (χ0v) is 26.5. The SMILES string of the molecule is CC1=CC(C)(C)N(C)c2cc(Cl)c([C@H]3[C@@H](c4ccccn4)NC(=S)N3c3ccc(Sc4ccc([N+](=O)[O-])cc4)cc3)cc21. The van der Waals surface area contributed by atoms with E-state index in [0.29, 0.717) is 10.1 Å². The summed E-state index contributed by atoms with van der Waals surface area (Å²) in [4.78, 5) is 21.6. The maximum absolute atomic E-state index is 11.0. The molecular weight excluding hydrogens is 598 g/mol. The summed E-state index contributed by atoms with van der Waals surface area (Å²) >= 11 is 14.6. The van der Waals surface area contributed by atoms with E-state index in [-0.39, 0.29) is 23.3 Å². The van der Waals surface area contributed by atoms with Crippen molar-refractivity contribution < 1.29 is 4.92 Å². The van der Waals surface area contributed by atoms with Gasteiger partial charge in [-0.15, -0.1) is 0 Å². The van der Waals surface area contributed by atoms with Gasteiger partial charge in [0.25, 0.3) is 5.69 Å². The first-order valence-electron chi connectivity index (χ1n) is 13.8. The molecular formula is C33H30ClN5O2S2. The third kappa shape index (κ3) is 5.48. The van der Waals surface area contributed by atoms with Crippen LogP contribution in [0.15, 0.2) is 101 Å². The molecule has 43 heavy (non-hydrogen) atoms. The van der Waals surface area contributed by atoms with Crippen LogP contribution in [0.5, 0.6) is 0 Å². The number of anilines is 2. The van der Waals surface area contributed by atoms with Crippen molar-refractivity contribution in [2.45, 2.75) is 48.2 Å². The second kappa shape index (κ2) is 11.3. The number of fused-ring (bicyclic) bond motifs is 1. The van der Waals surface area contributed by atoms with Crippen molar-refractivity contribution in [2.24, 2.45) is 0 Å². The minimum absolute atomic E-state index is 0.0742. The zero-order chi connectivity index (χ0) is 30.5. The highest BCUT2D eigenvalue weighted by Crippen LogP contribution is 2.48. The number of halogens is 1. The Hall–Kier alpha value is -3.92. The molecule has 1 aromatic heterocycles. The van der Waals surface area contributed by atoms with Gasteiger partial charge in [0.1, 0.15) is 0 Å². The largest absolute Gasteiger partial charge is 0.365 e. The average molecular weight is 628 g/mol. The quantitative estimate of drug-likeness (QED) is 0.129. The van der Waals surface area contributed by atoms with Crippen LogP contribution in [0.25, 0.3) is 5.57 Å². The predicted molar refractivity (Wildman–Crippen MR) is 179 cm³/mol. The molecule has 0 aliphatic carbocycles. The van der Waals surface area contributed by atoms with E-state index in [2.05, 4.69) is 66.1 Å². The van der Waals surface area contributed by atoms with Crippen LogP contribution in [0, 0.1) is 10.1 Å². The first-order chi connectivity index (χ1) is 20.5. The lowest BCUT2D eigenvalue weighted by Gasteiger charge is -2.41. The summed E-state index contributed by atoms with van der Waals surface area (Å²) in [6, 6.07) is 24.4. The fourth-order valence-electron chi connectivity index (χ4n) is 5.81.